The van der Waals surface area contributed by atoms with Crippen molar-refractivity contribution >= 4 is 92.4 Å². The first-order valence-corrected chi connectivity index (χ1v) is 20.4. The van der Waals surface area contributed by atoms with E-state index in [-0.39, 0.29) is 0 Å². The molecule has 0 aliphatic rings. The van der Waals surface area contributed by atoms with Crippen LogP contribution in [0.5, 0.6) is 0 Å². The maximum atomic E-state index is 6.48. The Bertz CT molecular complexity index is 3500. The van der Waals surface area contributed by atoms with Gasteiger partial charge < -0.3 is 13.7 Å². The van der Waals surface area contributed by atoms with Gasteiger partial charge in [0, 0.05) is 70.4 Å². The van der Waals surface area contributed by atoms with Crippen molar-refractivity contribution in [1.29, 1.82) is 0 Å². The van der Waals surface area contributed by atoms with E-state index < -0.39 is 0 Å². The standard InChI is InChI=1S/C54H33NO2S/c1-2-9-36(10-3-1)42-13-8-14-47-48-31-37(22-30-50(48)57-54(42)47)34-17-23-39(24-18-34)55(41-27-29-44-43-11-4-6-15-49(43)56-51(44)33-41)40-25-19-35(20-26-40)38-21-28-46-45-12-5-7-16-52(45)58-53(46)32-38/h1-33H. The van der Waals surface area contributed by atoms with Crippen LogP contribution >= 0.6 is 11.3 Å². The van der Waals surface area contributed by atoms with E-state index in [1.807, 2.05) is 29.5 Å². The molecule has 0 unspecified atom stereocenters. The summed E-state index contributed by atoms with van der Waals surface area (Å²) in [6, 6.07) is 71.4. The summed E-state index contributed by atoms with van der Waals surface area (Å²) in [5.41, 5.74) is 13.6. The Labute approximate surface area is 338 Å². The highest BCUT2D eigenvalue weighted by atomic mass is 32.1. The largest absolute Gasteiger partial charge is 0.456 e. The predicted molar refractivity (Wildman–Crippen MR) is 245 cm³/mol. The molecule has 3 nitrogen and oxygen atoms in total. The van der Waals surface area contributed by atoms with Crippen molar-refractivity contribution in [3.05, 3.63) is 200 Å². The summed E-state index contributed by atoms with van der Waals surface area (Å²) < 4.78 is 15.5. The van der Waals surface area contributed by atoms with E-state index >= 15 is 0 Å². The van der Waals surface area contributed by atoms with Crippen molar-refractivity contribution in [3.8, 4) is 33.4 Å². The Morgan fingerprint density at radius 1 is 0.310 bits per heavy atom. The summed E-state index contributed by atoms with van der Waals surface area (Å²) in [6.07, 6.45) is 0. The smallest absolute Gasteiger partial charge is 0.143 e. The lowest BCUT2D eigenvalue weighted by Gasteiger charge is -2.26. The van der Waals surface area contributed by atoms with Gasteiger partial charge in [0.2, 0.25) is 0 Å². The summed E-state index contributed by atoms with van der Waals surface area (Å²) in [5.74, 6) is 0. The molecular formula is C54H33NO2S. The zero-order valence-corrected chi connectivity index (χ0v) is 32.0. The molecule has 58 heavy (non-hydrogen) atoms. The topological polar surface area (TPSA) is 29.5 Å². The zero-order chi connectivity index (χ0) is 38.2. The van der Waals surface area contributed by atoms with Gasteiger partial charge in [0.1, 0.15) is 22.3 Å². The number of benzene rings is 9. The molecule has 0 aliphatic carbocycles. The van der Waals surface area contributed by atoms with Gasteiger partial charge in [-0.25, -0.2) is 0 Å². The maximum absolute atomic E-state index is 6.48. The van der Waals surface area contributed by atoms with Gasteiger partial charge in [-0.1, -0.05) is 127 Å². The number of anilines is 3. The molecule has 12 aromatic rings. The minimum atomic E-state index is 0.865. The highest BCUT2D eigenvalue weighted by Crippen LogP contribution is 2.42. The summed E-state index contributed by atoms with van der Waals surface area (Å²) >= 11 is 1.85. The van der Waals surface area contributed by atoms with Crippen LogP contribution in [0.3, 0.4) is 0 Å². The third-order valence-electron chi connectivity index (χ3n) is 11.5. The lowest BCUT2D eigenvalue weighted by molar-refractivity contribution is 0.669. The summed E-state index contributed by atoms with van der Waals surface area (Å²) in [5, 5.41) is 7.10. The fraction of sp³-hybridized carbons (Fsp3) is 0. The molecule has 0 aliphatic heterocycles. The first kappa shape index (κ1) is 32.8. The van der Waals surface area contributed by atoms with E-state index in [1.54, 1.807) is 0 Å². The second-order valence-corrected chi connectivity index (χ2v) is 16.0. The molecule has 0 amide bonds. The number of hydrogen-bond acceptors (Lipinski definition) is 4. The van der Waals surface area contributed by atoms with Crippen LogP contribution in [0.2, 0.25) is 0 Å². The fourth-order valence-electron chi connectivity index (χ4n) is 8.64. The van der Waals surface area contributed by atoms with Gasteiger partial charge in [-0.05, 0) is 94.5 Å². The van der Waals surface area contributed by atoms with E-state index in [1.165, 1.54) is 31.3 Å². The van der Waals surface area contributed by atoms with E-state index in [2.05, 4.69) is 187 Å². The van der Waals surface area contributed by atoms with Crippen LogP contribution in [-0.2, 0) is 0 Å². The Morgan fingerprint density at radius 3 is 1.71 bits per heavy atom. The minimum absolute atomic E-state index is 0.865. The lowest BCUT2D eigenvalue weighted by Crippen LogP contribution is -2.09. The predicted octanol–water partition coefficient (Wildman–Crippen LogP) is 16.3. The first-order valence-electron chi connectivity index (χ1n) is 19.6. The molecule has 0 radical (unpaired) electrons. The molecular weight excluding hydrogens is 727 g/mol. The van der Waals surface area contributed by atoms with Crippen LogP contribution in [-0.4, -0.2) is 0 Å². The molecule has 9 aromatic carbocycles. The molecule has 0 saturated carbocycles. The van der Waals surface area contributed by atoms with Crippen molar-refractivity contribution in [1.82, 2.24) is 0 Å². The van der Waals surface area contributed by atoms with Crippen molar-refractivity contribution < 1.29 is 8.83 Å². The second kappa shape index (κ2) is 13.1. The summed E-state index contributed by atoms with van der Waals surface area (Å²) in [6.45, 7) is 0. The molecule has 0 spiro atoms. The molecule has 0 atom stereocenters. The molecule has 4 heteroatoms. The Hall–Kier alpha value is -7.40. The molecule has 3 aromatic heterocycles. The average molecular weight is 760 g/mol. The van der Waals surface area contributed by atoms with Crippen molar-refractivity contribution in [2.75, 3.05) is 4.90 Å². The van der Waals surface area contributed by atoms with E-state index in [0.29, 0.717) is 0 Å². The highest BCUT2D eigenvalue weighted by molar-refractivity contribution is 7.25. The molecule has 12 rings (SSSR count). The SMILES string of the molecule is c1ccc(-c2cccc3c2oc2ccc(-c4ccc(N(c5ccc(-c6ccc7c(c6)sc6ccccc67)cc5)c5ccc6c(c5)oc5ccccc56)cc4)cc23)cc1. The van der Waals surface area contributed by atoms with Gasteiger partial charge in [0.05, 0.1) is 0 Å². The van der Waals surface area contributed by atoms with Gasteiger partial charge in [-0.15, -0.1) is 11.3 Å². The molecule has 0 saturated heterocycles. The maximum Gasteiger partial charge on any atom is 0.143 e. The molecule has 0 fully saturated rings. The number of nitrogens with zero attached hydrogens (tertiary/aromatic N) is 1. The lowest BCUT2D eigenvalue weighted by atomic mass is 10.00. The van der Waals surface area contributed by atoms with Gasteiger partial charge in [0.25, 0.3) is 0 Å². The van der Waals surface area contributed by atoms with E-state index in [0.717, 1.165) is 83.2 Å². The number of para-hydroxylation sites is 2. The van der Waals surface area contributed by atoms with Crippen LogP contribution in [0.15, 0.2) is 209 Å². The Kier molecular flexibility index (Phi) is 7.40. The third-order valence-corrected chi connectivity index (χ3v) is 12.6. The number of furan rings is 2. The monoisotopic (exact) mass is 759 g/mol. The zero-order valence-electron chi connectivity index (χ0n) is 31.2. The van der Waals surface area contributed by atoms with Gasteiger partial charge in [0.15, 0.2) is 0 Å². The highest BCUT2D eigenvalue weighted by Gasteiger charge is 2.18. The molecule has 0 N–H and O–H groups in total. The van der Waals surface area contributed by atoms with Crippen molar-refractivity contribution in [3.63, 3.8) is 0 Å². The quantitative estimate of drug-likeness (QED) is 0.169. The third kappa shape index (κ3) is 5.34. The van der Waals surface area contributed by atoms with E-state index in [4.69, 9.17) is 8.83 Å². The number of hydrogen-bond donors (Lipinski definition) is 0. The van der Waals surface area contributed by atoms with Gasteiger partial charge in [-0.3, -0.25) is 0 Å². The summed E-state index contributed by atoms with van der Waals surface area (Å²) in [7, 11) is 0. The minimum Gasteiger partial charge on any atom is -0.456 e. The Balaban J connectivity index is 0.931. The van der Waals surface area contributed by atoms with Crippen LogP contribution in [0.1, 0.15) is 0 Å². The van der Waals surface area contributed by atoms with Gasteiger partial charge >= 0.3 is 0 Å². The first-order chi connectivity index (χ1) is 28.7. The van der Waals surface area contributed by atoms with Crippen LogP contribution in [0.25, 0.3) is 97.4 Å². The number of fused-ring (bicyclic) bond motifs is 9. The van der Waals surface area contributed by atoms with Crippen LogP contribution < -0.4 is 4.90 Å². The number of rotatable bonds is 6. The second-order valence-electron chi connectivity index (χ2n) is 14.9. The van der Waals surface area contributed by atoms with Crippen molar-refractivity contribution in [2.45, 2.75) is 0 Å². The molecule has 3 heterocycles. The van der Waals surface area contributed by atoms with Crippen LogP contribution in [0.4, 0.5) is 17.1 Å². The normalized spacial score (nSPS) is 11.8. The Morgan fingerprint density at radius 2 is 0.897 bits per heavy atom. The van der Waals surface area contributed by atoms with Crippen molar-refractivity contribution in [2.24, 2.45) is 0 Å². The van der Waals surface area contributed by atoms with Gasteiger partial charge in [-0.2, -0.15) is 0 Å². The average Bonchev–Trinajstić information content (AvgIpc) is 3.98. The van der Waals surface area contributed by atoms with E-state index in [9.17, 15) is 0 Å². The molecule has 0 bridgehead atoms. The van der Waals surface area contributed by atoms with Crippen LogP contribution in [0, 0.1) is 0 Å². The fourth-order valence-corrected chi connectivity index (χ4v) is 9.78. The number of thiophene rings is 1. The molecule has 272 valence electrons. The summed E-state index contributed by atoms with van der Waals surface area (Å²) in [4.78, 5) is 2.31.